The third-order valence-corrected chi connectivity index (χ3v) is 5.43. The standard InChI is InChI=1S/C16H19BrN2O2/c1-11-12(17)6-5-7-13(11)19-10-14(20)18-16(15(19)21)8-3-2-4-9-16/h5-7H,2-4,8-10H2,1H3,(H,18,20). The van der Waals surface area contributed by atoms with Crippen LogP contribution in [0.5, 0.6) is 0 Å². The molecule has 1 heterocycles. The van der Waals surface area contributed by atoms with Gasteiger partial charge in [-0.15, -0.1) is 0 Å². The molecule has 2 amide bonds. The smallest absolute Gasteiger partial charge is 0.253 e. The molecule has 5 heteroatoms. The van der Waals surface area contributed by atoms with Gasteiger partial charge in [0, 0.05) is 10.2 Å². The molecule has 1 aromatic rings. The average molecular weight is 351 g/mol. The molecule has 1 aromatic carbocycles. The Hall–Kier alpha value is -1.36. The summed E-state index contributed by atoms with van der Waals surface area (Å²) in [6.07, 6.45) is 4.64. The van der Waals surface area contributed by atoms with Crippen LogP contribution in [0.4, 0.5) is 5.69 Å². The van der Waals surface area contributed by atoms with Crippen molar-refractivity contribution in [2.45, 2.75) is 44.6 Å². The van der Waals surface area contributed by atoms with Gasteiger partial charge < -0.3 is 10.2 Å². The number of hydrogen-bond donors (Lipinski definition) is 1. The zero-order valence-corrected chi connectivity index (χ0v) is 13.7. The fraction of sp³-hybridized carbons (Fsp3) is 0.500. The number of piperazine rings is 1. The second-order valence-electron chi connectivity index (χ2n) is 5.97. The van der Waals surface area contributed by atoms with Gasteiger partial charge in [0.05, 0.1) is 0 Å². The van der Waals surface area contributed by atoms with Crippen LogP contribution in [-0.4, -0.2) is 23.9 Å². The molecular formula is C16H19BrN2O2. The van der Waals surface area contributed by atoms with Crippen molar-refractivity contribution in [2.24, 2.45) is 0 Å². The topological polar surface area (TPSA) is 49.4 Å². The first-order valence-corrected chi connectivity index (χ1v) is 8.21. The number of carbonyl (C=O) groups is 2. The molecular weight excluding hydrogens is 332 g/mol. The molecule has 3 rings (SSSR count). The third kappa shape index (κ3) is 2.48. The van der Waals surface area contributed by atoms with Crippen molar-refractivity contribution in [1.82, 2.24) is 5.32 Å². The van der Waals surface area contributed by atoms with Gasteiger partial charge in [-0.1, -0.05) is 41.3 Å². The minimum atomic E-state index is -0.678. The van der Waals surface area contributed by atoms with E-state index in [-0.39, 0.29) is 18.4 Å². The number of carbonyl (C=O) groups excluding carboxylic acids is 2. The molecule has 1 saturated heterocycles. The number of amides is 2. The summed E-state index contributed by atoms with van der Waals surface area (Å²) in [5.41, 5.74) is 1.14. The minimum absolute atomic E-state index is 0.0444. The van der Waals surface area contributed by atoms with Crippen LogP contribution in [0.2, 0.25) is 0 Å². The molecule has 1 N–H and O–H groups in total. The Morgan fingerprint density at radius 1 is 1.19 bits per heavy atom. The Bertz CT molecular complexity index is 594. The number of halogens is 1. The van der Waals surface area contributed by atoms with Gasteiger partial charge in [-0.3, -0.25) is 9.59 Å². The lowest BCUT2D eigenvalue weighted by atomic mass is 9.79. The van der Waals surface area contributed by atoms with Gasteiger partial charge in [-0.05, 0) is 37.5 Å². The maximum atomic E-state index is 13.0. The van der Waals surface area contributed by atoms with Crippen LogP contribution in [0.15, 0.2) is 22.7 Å². The van der Waals surface area contributed by atoms with Gasteiger partial charge in [-0.25, -0.2) is 0 Å². The molecule has 112 valence electrons. The normalized spacial score (nSPS) is 21.5. The molecule has 21 heavy (non-hydrogen) atoms. The number of nitrogens with zero attached hydrogens (tertiary/aromatic N) is 1. The van der Waals surface area contributed by atoms with Gasteiger partial charge in [0.25, 0.3) is 5.91 Å². The van der Waals surface area contributed by atoms with Crippen LogP contribution in [0.3, 0.4) is 0 Å². The fourth-order valence-electron chi connectivity index (χ4n) is 3.41. The van der Waals surface area contributed by atoms with Crippen molar-refractivity contribution < 1.29 is 9.59 Å². The Morgan fingerprint density at radius 3 is 2.62 bits per heavy atom. The van der Waals surface area contributed by atoms with Gasteiger partial charge >= 0.3 is 0 Å². The van der Waals surface area contributed by atoms with E-state index in [4.69, 9.17) is 0 Å². The number of rotatable bonds is 1. The Morgan fingerprint density at radius 2 is 1.90 bits per heavy atom. The molecule has 1 aliphatic heterocycles. The highest BCUT2D eigenvalue weighted by molar-refractivity contribution is 9.10. The van der Waals surface area contributed by atoms with E-state index < -0.39 is 5.54 Å². The summed E-state index contributed by atoms with van der Waals surface area (Å²) >= 11 is 3.50. The highest BCUT2D eigenvalue weighted by Crippen LogP contribution is 2.35. The zero-order chi connectivity index (χ0) is 15.0. The molecule has 1 aliphatic carbocycles. The molecule has 0 unspecified atom stereocenters. The van der Waals surface area contributed by atoms with Crippen LogP contribution >= 0.6 is 15.9 Å². The molecule has 0 bridgehead atoms. The quantitative estimate of drug-likeness (QED) is 0.846. The lowest BCUT2D eigenvalue weighted by Gasteiger charge is -2.44. The van der Waals surface area contributed by atoms with E-state index in [2.05, 4.69) is 21.2 Å². The summed E-state index contributed by atoms with van der Waals surface area (Å²) in [6.45, 7) is 2.07. The Labute approximate surface area is 133 Å². The first-order valence-electron chi connectivity index (χ1n) is 7.42. The molecule has 1 saturated carbocycles. The summed E-state index contributed by atoms with van der Waals surface area (Å²) in [5, 5.41) is 2.97. The molecule has 2 aliphatic rings. The van der Waals surface area contributed by atoms with Gasteiger partial charge in [0.15, 0.2) is 0 Å². The molecule has 4 nitrogen and oxygen atoms in total. The number of nitrogens with one attached hydrogen (secondary N) is 1. The second-order valence-corrected chi connectivity index (χ2v) is 6.82. The second kappa shape index (κ2) is 5.44. The summed E-state index contributed by atoms with van der Waals surface area (Å²) in [5.74, 6) is -0.0149. The van der Waals surface area contributed by atoms with Gasteiger partial charge in [0.1, 0.15) is 12.1 Å². The van der Waals surface area contributed by atoms with Crippen molar-refractivity contribution in [2.75, 3.05) is 11.4 Å². The highest BCUT2D eigenvalue weighted by atomic mass is 79.9. The third-order valence-electron chi connectivity index (χ3n) is 4.57. The SMILES string of the molecule is Cc1c(Br)cccc1N1CC(=O)NC2(CCCCC2)C1=O. The summed E-state index contributed by atoms with van der Waals surface area (Å²) in [7, 11) is 0. The van der Waals surface area contributed by atoms with Crippen LogP contribution in [0, 0.1) is 6.92 Å². The monoisotopic (exact) mass is 350 g/mol. The summed E-state index contributed by atoms with van der Waals surface area (Å²) in [6, 6.07) is 5.76. The first-order chi connectivity index (χ1) is 10.0. The summed E-state index contributed by atoms with van der Waals surface area (Å²) in [4.78, 5) is 26.8. The summed E-state index contributed by atoms with van der Waals surface area (Å²) < 4.78 is 0.955. The number of anilines is 1. The lowest BCUT2D eigenvalue weighted by Crippen LogP contribution is -2.67. The van der Waals surface area contributed by atoms with Crippen molar-refractivity contribution in [3.63, 3.8) is 0 Å². The van der Waals surface area contributed by atoms with Crippen molar-refractivity contribution in [1.29, 1.82) is 0 Å². The van der Waals surface area contributed by atoms with Crippen LogP contribution in [0.1, 0.15) is 37.7 Å². The predicted octanol–water partition coefficient (Wildman–Crippen LogP) is 2.92. The van der Waals surface area contributed by atoms with Crippen molar-refractivity contribution in [3.05, 3.63) is 28.2 Å². The fourth-order valence-corrected chi connectivity index (χ4v) is 3.77. The first kappa shape index (κ1) is 14.6. The molecule has 0 radical (unpaired) electrons. The molecule has 0 aromatic heterocycles. The maximum Gasteiger partial charge on any atom is 0.253 e. The van der Waals surface area contributed by atoms with Crippen molar-refractivity contribution >= 4 is 33.4 Å². The van der Waals surface area contributed by atoms with E-state index in [9.17, 15) is 9.59 Å². The Kier molecular flexibility index (Phi) is 3.78. The molecule has 0 atom stereocenters. The molecule has 2 fully saturated rings. The van der Waals surface area contributed by atoms with Gasteiger partial charge in [-0.2, -0.15) is 0 Å². The minimum Gasteiger partial charge on any atom is -0.340 e. The van der Waals surface area contributed by atoms with Crippen LogP contribution < -0.4 is 10.2 Å². The van der Waals surface area contributed by atoms with Crippen LogP contribution in [-0.2, 0) is 9.59 Å². The largest absolute Gasteiger partial charge is 0.340 e. The number of hydrogen-bond acceptors (Lipinski definition) is 2. The Balaban J connectivity index is 2.00. The van der Waals surface area contributed by atoms with E-state index in [0.29, 0.717) is 0 Å². The van der Waals surface area contributed by atoms with E-state index in [1.54, 1.807) is 4.90 Å². The predicted molar refractivity (Wildman–Crippen MR) is 85.2 cm³/mol. The molecule has 1 spiro atoms. The van der Waals surface area contributed by atoms with E-state index in [1.807, 2.05) is 25.1 Å². The van der Waals surface area contributed by atoms with E-state index in [1.165, 1.54) is 0 Å². The maximum absolute atomic E-state index is 13.0. The zero-order valence-electron chi connectivity index (χ0n) is 12.1. The van der Waals surface area contributed by atoms with Gasteiger partial charge in [0.2, 0.25) is 5.91 Å². The van der Waals surface area contributed by atoms with Crippen LogP contribution in [0.25, 0.3) is 0 Å². The highest BCUT2D eigenvalue weighted by Gasteiger charge is 2.47. The van der Waals surface area contributed by atoms with Crippen molar-refractivity contribution in [3.8, 4) is 0 Å². The number of benzene rings is 1. The van der Waals surface area contributed by atoms with E-state index in [0.717, 1.165) is 47.8 Å². The lowest BCUT2D eigenvalue weighted by molar-refractivity contribution is -0.137. The average Bonchev–Trinajstić information content (AvgIpc) is 2.47. The van der Waals surface area contributed by atoms with E-state index >= 15 is 0 Å².